The van der Waals surface area contributed by atoms with Crippen molar-refractivity contribution in [3.63, 3.8) is 0 Å². The van der Waals surface area contributed by atoms with Crippen LogP contribution in [0.5, 0.6) is 0 Å². The number of hydrogen-bond acceptors (Lipinski definition) is 2. The quantitative estimate of drug-likeness (QED) is 0.901. The molecule has 1 aromatic carbocycles. The van der Waals surface area contributed by atoms with Gasteiger partial charge in [-0.1, -0.05) is 42.8 Å². The van der Waals surface area contributed by atoms with E-state index in [2.05, 4.69) is 21.0 Å². The summed E-state index contributed by atoms with van der Waals surface area (Å²) in [4.78, 5) is 11.5. The first-order valence-electron chi connectivity index (χ1n) is 6.42. The minimum absolute atomic E-state index is 0.383. The third-order valence-corrected chi connectivity index (χ3v) is 3.66. The number of aliphatic carboxylic acids is 1. The van der Waals surface area contributed by atoms with Crippen molar-refractivity contribution in [2.45, 2.75) is 26.8 Å². The van der Waals surface area contributed by atoms with Crippen molar-refractivity contribution >= 4 is 21.9 Å². The Balaban J connectivity index is 2.43. The summed E-state index contributed by atoms with van der Waals surface area (Å²) in [5.41, 5.74) is 0.436. The lowest BCUT2D eigenvalue weighted by Gasteiger charge is -2.27. The Morgan fingerprint density at radius 2 is 2.10 bits per heavy atom. The van der Waals surface area contributed by atoms with Crippen molar-refractivity contribution in [3.8, 4) is 11.1 Å². The highest BCUT2D eigenvalue weighted by Gasteiger charge is 2.33. The van der Waals surface area contributed by atoms with Gasteiger partial charge in [0.2, 0.25) is 0 Å². The second-order valence-electron chi connectivity index (χ2n) is 5.94. The minimum atomic E-state index is -0.964. The molecule has 0 saturated heterocycles. The second kappa shape index (κ2) is 5.60. The van der Waals surface area contributed by atoms with Crippen molar-refractivity contribution in [1.29, 1.82) is 0 Å². The molecule has 2 rings (SSSR count). The maximum Gasteiger partial charge on any atom is 0.329 e. The van der Waals surface area contributed by atoms with E-state index in [0.29, 0.717) is 15.6 Å². The van der Waals surface area contributed by atoms with Crippen LogP contribution in [0.3, 0.4) is 0 Å². The van der Waals surface area contributed by atoms with Gasteiger partial charge >= 0.3 is 5.97 Å². The van der Waals surface area contributed by atoms with Gasteiger partial charge in [-0.25, -0.2) is 9.18 Å². The van der Waals surface area contributed by atoms with Crippen LogP contribution in [-0.4, -0.2) is 20.9 Å². The molecule has 1 heterocycles. The molecule has 0 aliphatic carbocycles. The number of aromatic nitrogens is 2. The molecule has 0 saturated carbocycles. The van der Waals surface area contributed by atoms with Crippen LogP contribution in [0.15, 0.2) is 35.1 Å². The minimum Gasteiger partial charge on any atom is -0.480 e. The monoisotopic (exact) mass is 354 g/mol. The van der Waals surface area contributed by atoms with Crippen molar-refractivity contribution in [2.24, 2.45) is 5.41 Å². The molecule has 1 N–H and O–H groups in total. The normalized spacial score (nSPS) is 13.2. The van der Waals surface area contributed by atoms with Crippen LogP contribution in [0.4, 0.5) is 4.39 Å². The fourth-order valence-corrected chi connectivity index (χ4v) is 2.56. The number of hydrogen-bond donors (Lipinski definition) is 1. The van der Waals surface area contributed by atoms with Gasteiger partial charge in [-0.15, -0.1) is 0 Å². The number of halogens is 2. The largest absolute Gasteiger partial charge is 0.480 e. The molecule has 21 heavy (non-hydrogen) atoms. The van der Waals surface area contributed by atoms with Gasteiger partial charge in [0, 0.05) is 21.8 Å². The van der Waals surface area contributed by atoms with Crippen molar-refractivity contribution in [3.05, 3.63) is 40.9 Å². The van der Waals surface area contributed by atoms with Gasteiger partial charge in [0.1, 0.15) is 5.82 Å². The summed E-state index contributed by atoms with van der Waals surface area (Å²) in [5, 5.41) is 13.5. The van der Waals surface area contributed by atoms with E-state index in [1.54, 1.807) is 18.3 Å². The topological polar surface area (TPSA) is 55.1 Å². The lowest BCUT2D eigenvalue weighted by Crippen LogP contribution is -2.31. The summed E-state index contributed by atoms with van der Waals surface area (Å²) in [5.74, 6) is -1.35. The van der Waals surface area contributed by atoms with Crippen LogP contribution < -0.4 is 0 Å². The molecule has 1 atom stereocenters. The zero-order chi connectivity index (χ0) is 15.8. The molecule has 0 radical (unpaired) electrons. The van der Waals surface area contributed by atoms with E-state index in [1.807, 2.05) is 20.8 Å². The molecular weight excluding hydrogens is 339 g/mol. The average Bonchev–Trinajstić information content (AvgIpc) is 2.75. The molecule has 0 fully saturated rings. The Kier molecular flexibility index (Phi) is 4.18. The zero-order valence-electron chi connectivity index (χ0n) is 12.0. The fraction of sp³-hybridized carbons (Fsp3) is 0.333. The number of rotatable bonds is 3. The van der Waals surface area contributed by atoms with Crippen LogP contribution in [-0.2, 0) is 4.79 Å². The highest BCUT2D eigenvalue weighted by molar-refractivity contribution is 9.10. The van der Waals surface area contributed by atoms with Crippen molar-refractivity contribution in [1.82, 2.24) is 9.78 Å². The molecule has 1 unspecified atom stereocenters. The standard InChI is InChI=1S/C15H16BrFN2O2/c1-15(2,3)13(14(20)21)19-8-9(7-18-19)11-5-4-10(16)6-12(11)17/h4-8,13H,1-3H3,(H,20,21). The highest BCUT2D eigenvalue weighted by atomic mass is 79.9. The predicted molar refractivity (Wildman–Crippen MR) is 81.4 cm³/mol. The molecule has 6 heteroatoms. The zero-order valence-corrected chi connectivity index (χ0v) is 13.6. The first-order chi connectivity index (χ1) is 9.70. The van der Waals surface area contributed by atoms with Crippen LogP contribution >= 0.6 is 15.9 Å². The lowest BCUT2D eigenvalue weighted by atomic mass is 9.87. The highest BCUT2D eigenvalue weighted by Crippen LogP contribution is 2.32. The third kappa shape index (κ3) is 3.32. The molecule has 1 aromatic heterocycles. The summed E-state index contributed by atoms with van der Waals surface area (Å²) in [6.07, 6.45) is 3.05. The molecule has 4 nitrogen and oxygen atoms in total. The van der Waals surface area contributed by atoms with E-state index in [1.165, 1.54) is 16.9 Å². The second-order valence-corrected chi connectivity index (χ2v) is 6.86. The number of carboxylic acids is 1. The number of nitrogens with zero attached hydrogens (tertiary/aromatic N) is 2. The number of carboxylic acid groups (broad SMARTS) is 1. The average molecular weight is 355 g/mol. The molecule has 0 spiro atoms. The molecule has 0 amide bonds. The van der Waals surface area contributed by atoms with E-state index >= 15 is 0 Å². The Morgan fingerprint density at radius 3 is 2.62 bits per heavy atom. The van der Waals surface area contributed by atoms with E-state index in [9.17, 15) is 14.3 Å². The lowest BCUT2D eigenvalue weighted by molar-refractivity contribution is -0.144. The molecule has 112 valence electrons. The van der Waals surface area contributed by atoms with Crippen LogP contribution in [0.2, 0.25) is 0 Å². The van der Waals surface area contributed by atoms with Gasteiger partial charge in [-0.3, -0.25) is 4.68 Å². The van der Waals surface area contributed by atoms with Crippen LogP contribution in [0, 0.1) is 11.2 Å². The molecule has 0 aliphatic rings. The van der Waals surface area contributed by atoms with Gasteiger partial charge in [-0.2, -0.15) is 5.10 Å². The summed E-state index contributed by atoms with van der Waals surface area (Å²) in [6.45, 7) is 5.48. The first kappa shape index (κ1) is 15.7. The Bertz CT molecular complexity index is 677. The molecule has 0 bridgehead atoms. The molecule has 0 aliphatic heterocycles. The van der Waals surface area contributed by atoms with Crippen LogP contribution in [0.25, 0.3) is 11.1 Å². The summed E-state index contributed by atoms with van der Waals surface area (Å²) < 4.78 is 16.0. The van der Waals surface area contributed by atoms with E-state index in [0.717, 1.165) is 0 Å². The van der Waals surface area contributed by atoms with Gasteiger partial charge in [0.15, 0.2) is 6.04 Å². The maximum atomic E-state index is 14.0. The van der Waals surface area contributed by atoms with E-state index in [4.69, 9.17) is 0 Å². The van der Waals surface area contributed by atoms with Gasteiger partial charge in [0.25, 0.3) is 0 Å². The van der Waals surface area contributed by atoms with Crippen LogP contribution in [0.1, 0.15) is 26.8 Å². The van der Waals surface area contributed by atoms with Crippen molar-refractivity contribution < 1.29 is 14.3 Å². The Morgan fingerprint density at radius 1 is 1.43 bits per heavy atom. The smallest absolute Gasteiger partial charge is 0.329 e. The molecule has 2 aromatic rings. The van der Waals surface area contributed by atoms with Gasteiger partial charge in [0.05, 0.1) is 6.20 Å². The molecular formula is C15H16BrFN2O2. The summed E-state index contributed by atoms with van der Waals surface area (Å²) >= 11 is 3.20. The number of benzene rings is 1. The van der Waals surface area contributed by atoms with E-state index in [-0.39, 0.29) is 5.82 Å². The Hall–Kier alpha value is -1.69. The number of carbonyl (C=O) groups is 1. The Labute approximate surface area is 130 Å². The van der Waals surface area contributed by atoms with Gasteiger partial charge < -0.3 is 5.11 Å². The SMILES string of the molecule is CC(C)(C)C(C(=O)O)n1cc(-c2ccc(Br)cc2F)cn1. The van der Waals surface area contributed by atoms with Gasteiger partial charge in [-0.05, 0) is 17.5 Å². The maximum absolute atomic E-state index is 14.0. The third-order valence-electron chi connectivity index (χ3n) is 3.16. The summed E-state index contributed by atoms with van der Waals surface area (Å²) in [6, 6.07) is 3.91. The predicted octanol–water partition coefficient (Wildman–Crippen LogP) is 4.12. The fourth-order valence-electron chi connectivity index (χ4n) is 2.22. The van der Waals surface area contributed by atoms with E-state index < -0.39 is 17.4 Å². The first-order valence-corrected chi connectivity index (χ1v) is 7.22. The van der Waals surface area contributed by atoms with Crippen molar-refractivity contribution in [2.75, 3.05) is 0 Å². The summed E-state index contributed by atoms with van der Waals surface area (Å²) in [7, 11) is 0.